The third kappa shape index (κ3) is 7.12. The van der Waals surface area contributed by atoms with Crippen LogP contribution in [0, 0.1) is 6.92 Å². The molecule has 214 valence electrons. The fourth-order valence-corrected chi connectivity index (χ4v) is 5.88. The number of likely N-dealkylation sites (N-methyl/N-ethyl adjacent to an activating group) is 1. The van der Waals surface area contributed by atoms with Crippen LogP contribution in [0.15, 0.2) is 77.7 Å². The number of nitrogens with one attached hydrogen (secondary N) is 1. The molecule has 1 N–H and O–H groups in total. The standard InChI is InChI=1S/C30H37N3O6S/c1-6-26(30(35)31-7-2)32(20-23-13-11-12-22(3)18-23)29(34)21-33(40(36,37)25-14-9-8-10-15-25)27-19-24(38-4)16-17-28(27)39-5/h8-19,26H,6-7,20-21H2,1-5H3,(H,31,35)/t26-/m1/s1. The summed E-state index contributed by atoms with van der Waals surface area (Å²) in [6.07, 6.45) is 0.345. The van der Waals surface area contributed by atoms with E-state index in [1.807, 2.05) is 38.1 Å². The van der Waals surface area contributed by atoms with Crippen LogP contribution in [0.3, 0.4) is 0 Å². The van der Waals surface area contributed by atoms with Crippen LogP contribution in [0.25, 0.3) is 0 Å². The van der Waals surface area contributed by atoms with Crippen molar-refractivity contribution < 1.29 is 27.5 Å². The molecular weight excluding hydrogens is 530 g/mol. The van der Waals surface area contributed by atoms with Crippen LogP contribution >= 0.6 is 0 Å². The summed E-state index contributed by atoms with van der Waals surface area (Å²) in [5, 5.41) is 2.80. The number of amides is 2. The molecule has 0 aliphatic carbocycles. The maximum absolute atomic E-state index is 14.1. The smallest absolute Gasteiger partial charge is 0.264 e. The van der Waals surface area contributed by atoms with Gasteiger partial charge in [-0.25, -0.2) is 8.42 Å². The maximum atomic E-state index is 14.1. The highest BCUT2D eigenvalue weighted by Gasteiger charge is 2.34. The molecule has 3 aromatic rings. The topological polar surface area (TPSA) is 105 Å². The van der Waals surface area contributed by atoms with Crippen molar-refractivity contribution in [3.05, 3.63) is 83.9 Å². The van der Waals surface area contributed by atoms with Gasteiger partial charge in [0.25, 0.3) is 10.0 Å². The molecule has 40 heavy (non-hydrogen) atoms. The molecule has 0 aromatic heterocycles. The van der Waals surface area contributed by atoms with E-state index in [4.69, 9.17) is 9.47 Å². The van der Waals surface area contributed by atoms with Gasteiger partial charge in [-0.15, -0.1) is 0 Å². The Hall–Kier alpha value is -4.05. The molecular formula is C30H37N3O6S. The average molecular weight is 568 g/mol. The van der Waals surface area contributed by atoms with E-state index >= 15 is 0 Å². The normalized spacial score (nSPS) is 11.8. The van der Waals surface area contributed by atoms with Crippen molar-refractivity contribution in [2.75, 3.05) is 31.6 Å². The predicted octanol–water partition coefficient (Wildman–Crippen LogP) is 4.15. The van der Waals surface area contributed by atoms with Crippen LogP contribution in [0.2, 0.25) is 0 Å². The first-order valence-electron chi connectivity index (χ1n) is 13.1. The van der Waals surface area contributed by atoms with Gasteiger partial charge in [-0.1, -0.05) is 55.0 Å². The van der Waals surface area contributed by atoms with Gasteiger partial charge in [-0.3, -0.25) is 13.9 Å². The zero-order valence-corrected chi connectivity index (χ0v) is 24.4. The summed E-state index contributed by atoms with van der Waals surface area (Å²) >= 11 is 0. The van der Waals surface area contributed by atoms with Gasteiger partial charge in [-0.05, 0) is 50.1 Å². The Morgan fingerprint density at radius 3 is 2.25 bits per heavy atom. The molecule has 3 rings (SSSR count). The van der Waals surface area contributed by atoms with Crippen molar-refractivity contribution in [1.29, 1.82) is 0 Å². The minimum atomic E-state index is -4.23. The molecule has 0 unspecified atom stereocenters. The monoisotopic (exact) mass is 567 g/mol. The number of ether oxygens (including phenoxy) is 2. The molecule has 0 radical (unpaired) electrons. The number of rotatable bonds is 13. The molecule has 10 heteroatoms. The maximum Gasteiger partial charge on any atom is 0.264 e. The first-order chi connectivity index (χ1) is 19.2. The van der Waals surface area contributed by atoms with Crippen molar-refractivity contribution in [2.24, 2.45) is 0 Å². The molecule has 0 fully saturated rings. The lowest BCUT2D eigenvalue weighted by Gasteiger charge is -2.33. The lowest BCUT2D eigenvalue weighted by atomic mass is 10.1. The molecule has 0 aliphatic rings. The van der Waals surface area contributed by atoms with Crippen LogP contribution in [0.4, 0.5) is 5.69 Å². The summed E-state index contributed by atoms with van der Waals surface area (Å²) in [6, 6.07) is 19.4. The number of carbonyl (C=O) groups is 2. The van der Waals surface area contributed by atoms with E-state index in [2.05, 4.69) is 5.32 Å². The van der Waals surface area contributed by atoms with E-state index in [1.165, 1.54) is 37.3 Å². The number of anilines is 1. The summed E-state index contributed by atoms with van der Waals surface area (Å²) in [7, 11) is -1.34. The minimum absolute atomic E-state index is 0.00803. The van der Waals surface area contributed by atoms with E-state index in [1.54, 1.807) is 37.3 Å². The fraction of sp³-hybridized carbons (Fsp3) is 0.333. The minimum Gasteiger partial charge on any atom is -0.497 e. The van der Waals surface area contributed by atoms with Crippen LogP contribution in [-0.4, -0.2) is 58.5 Å². The predicted molar refractivity (Wildman–Crippen MR) is 155 cm³/mol. The Morgan fingerprint density at radius 1 is 0.925 bits per heavy atom. The molecule has 0 saturated heterocycles. The molecule has 0 bridgehead atoms. The molecule has 0 heterocycles. The van der Waals surface area contributed by atoms with Crippen molar-refractivity contribution in [2.45, 2.75) is 44.7 Å². The number of sulfonamides is 1. The quantitative estimate of drug-likeness (QED) is 0.333. The van der Waals surface area contributed by atoms with E-state index < -0.39 is 28.5 Å². The molecule has 0 spiro atoms. The third-order valence-electron chi connectivity index (χ3n) is 6.44. The molecule has 1 atom stereocenters. The first kappa shape index (κ1) is 30.5. The highest BCUT2D eigenvalue weighted by molar-refractivity contribution is 7.92. The van der Waals surface area contributed by atoms with Gasteiger partial charge in [0.1, 0.15) is 24.1 Å². The molecule has 0 aliphatic heterocycles. The highest BCUT2D eigenvalue weighted by atomic mass is 32.2. The van der Waals surface area contributed by atoms with Gasteiger partial charge in [0.15, 0.2) is 0 Å². The second-order valence-corrected chi connectivity index (χ2v) is 11.1. The summed E-state index contributed by atoms with van der Waals surface area (Å²) in [6.45, 7) is 5.53. The van der Waals surface area contributed by atoms with E-state index in [0.717, 1.165) is 15.4 Å². The fourth-order valence-electron chi connectivity index (χ4n) is 4.44. The van der Waals surface area contributed by atoms with Crippen molar-refractivity contribution in [3.63, 3.8) is 0 Å². The van der Waals surface area contributed by atoms with Crippen molar-refractivity contribution >= 4 is 27.5 Å². The third-order valence-corrected chi connectivity index (χ3v) is 8.21. The summed E-state index contributed by atoms with van der Waals surface area (Å²) < 4.78 is 39.9. The van der Waals surface area contributed by atoms with Crippen LogP contribution < -0.4 is 19.1 Å². The van der Waals surface area contributed by atoms with E-state index in [-0.39, 0.29) is 28.8 Å². The Labute approximate surface area is 236 Å². The number of carbonyl (C=O) groups excluding carboxylic acids is 2. The lowest BCUT2D eigenvalue weighted by Crippen LogP contribution is -2.52. The Kier molecular flexibility index (Phi) is 10.6. The largest absolute Gasteiger partial charge is 0.497 e. The first-order valence-corrected chi connectivity index (χ1v) is 14.5. The number of hydrogen-bond acceptors (Lipinski definition) is 6. The Morgan fingerprint density at radius 2 is 1.65 bits per heavy atom. The van der Waals surface area contributed by atoms with Crippen LogP contribution in [0.5, 0.6) is 11.5 Å². The molecule has 0 saturated carbocycles. The summed E-state index contributed by atoms with van der Waals surface area (Å²) in [4.78, 5) is 28.6. The van der Waals surface area contributed by atoms with Gasteiger partial charge in [-0.2, -0.15) is 0 Å². The van der Waals surface area contributed by atoms with Crippen molar-refractivity contribution in [1.82, 2.24) is 10.2 Å². The van der Waals surface area contributed by atoms with Crippen LogP contribution in [-0.2, 0) is 26.2 Å². The SMILES string of the molecule is CCNC(=O)[C@@H](CC)N(Cc1cccc(C)c1)C(=O)CN(c1cc(OC)ccc1OC)S(=O)(=O)c1ccccc1. The second kappa shape index (κ2) is 13.8. The average Bonchev–Trinajstić information content (AvgIpc) is 2.95. The highest BCUT2D eigenvalue weighted by Crippen LogP contribution is 2.36. The number of nitrogens with zero attached hydrogens (tertiary/aromatic N) is 2. The molecule has 9 nitrogen and oxygen atoms in total. The number of methoxy groups -OCH3 is 2. The van der Waals surface area contributed by atoms with Crippen molar-refractivity contribution in [3.8, 4) is 11.5 Å². The lowest BCUT2D eigenvalue weighted by molar-refractivity contribution is -0.140. The number of hydrogen-bond donors (Lipinski definition) is 1. The van der Waals surface area contributed by atoms with Gasteiger partial charge >= 0.3 is 0 Å². The number of aryl methyl sites for hydroxylation is 1. The van der Waals surface area contributed by atoms with E-state index in [9.17, 15) is 18.0 Å². The summed E-state index contributed by atoms with van der Waals surface area (Å²) in [5.74, 6) is -0.206. The second-order valence-electron chi connectivity index (χ2n) is 9.19. The van der Waals surface area contributed by atoms with Crippen LogP contribution in [0.1, 0.15) is 31.4 Å². The Bertz CT molecular complexity index is 1410. The zero-order chi connectivity index (χ0) is 29.3. The van der Waals surface area contributed by atoms with Gasteiger partial charge < -0.3 is 19.7 Å². The Balaban J connectivity index is 2.14. The molecule has 3 aromatic carbocycles. The van der Waals surface area contributed by atoms with E-state index in [0.29, 0.717) is 18.7 Å². The molecule has 2 amide bonds. The van der Waals surface area contributed by atoms with Gasteiger partial charge in [0, 0.05) is 19.2 Å². The summed E-state index contributed by atoms with van der Waals surface area (Å²) in [5.41, 5.74) is 1.97. The number of benzene rings is 3. The zero-order valence-electron chi connectivity index (χ0n) is 23.6. The van der Waals surface area contributed by atoms with Gasteiger partial charge in [0.05, 0.1) is 24.8 Å². The van der Waals surface area contributed by atoms with Gasteiger partial charge in [0.2, 0.25) is 11.8 Å².